The van der Waals surface area contributed by atoms with Gasteiger partial charge in [0.15, 0.2) is 0 Å². The lowest BCUT2D eigenvalue weighted by molar-refractivity contribution is 0.441. The second-order valence-corrected chi connectivity index (χ2v) is 4.11. The van der Waals surface area contributed by atoms with Crippen LogP contribution < -0.4 is 5.32 Å². The van der Waals surface area contributed by atoms with Crippen molar-refractivity contribution in [2.24, 2.45) is 5.92 Å². The molecule has 0 amide bonds. The molecular formula is C18H35N. The summed E-state index contributed by atoms with van der Waals surface area (Å²) in [5, 5.41) is 3.60. The molecule has 112 valence electrons. The molecule has 1 aliphatic rings. The molecule has 1 nitrogen and oxygen atoms in total. The first-order valence-electron chi connectivity index (χ1n) is 8.04. The first kappa shape index (κ1) is 20.3. The van der Waals surface area contributed by atoms with Gasteiger partial charge in [-0.3, -0.25) is 0 Å². The molecule has 2 unspecified atom stereocenters. The maximum Gasteiger partial charge on any atom is 0.0375 e. The van der Waals surface area contributed by atoms with E-state index in [1.165, 1.54) is 30.5 Å². The van der Waals surface area contributed by atoms with E-state index in [0.717, 1.165) is 0 Å². The lowest BCUT2D eigenvalue weighted by Gasteiger charge is -2.17. The van der Waals surface area contributed by atoms with Crippen LogP contribution in [0, 0.1) is 5.92 Å². The third kappa shape index (κ3) is 6.13. The Labute approximate surface area is 121 Å². The van der Waals surface area contributed by atoms with E-state index >= 15 is 0 Å². The van der Waals surface area contributed by atoms with E-state index in [2.05, 4.69) is 44.8 Å². The zero-order valence-electron chi connectivity index (χ0n) is 14.2. The van der Waals surface area contributed by atoms with Gasteiger partial charge >= 0.3 is 0 Å². The van der Waals surface area contributed by atoms with Gasteiger partial charge < -0.3 is 5.32 Å². The number of allylic oxidation sites excluding steroid dienone is 4. The smallest absolute Gasteiger partial charge is 0.0375 e. The van der Waals surface area contributed by atoms with Crippen molar-refractivity contribution in [2.45, 2.75) is 73.8 Å². The van der Waals surface area contributed by atoms with Crippen LogP contribution in [0.5, 0.6) is 0 Å². The van der Waals surface area contributed by atoms with Crippen molar-refractivity contribution in [1.29, 1.82) is 0 Å². The molecule has 0 saturated carbocycles. The minimum Gasteiger partial charge on any atom is -0.381 e. The summed E-state index contributed by atoms with van der Waals surface area (Å²) in [5.41, 5.74) is 2.75. The highest BCUT2D eigenvalue weighted by molar-refractivity contribution is 5.39. The quantitative estimate of drug-likeness (QED) is 0.672. The molecule has 19 heavy (non-hydrogen) atoms. The van der Waals surface area contributed by atoms with Crippen LogP contribution in [0.4, 0.5) is 0 Å². The summed E-state index contributed by atoms with van der Waals surface area (Å²) >= 11 is 0. The third-order valence-electron chi connectivity index (χ3n) is 3.17. The second kappa shape index (κ2) is 13.5. The van der Waals surface area contributed by atoms with Crippen LogP contribution in [0.25, 0.3) is 0 Å². The fraction of sp³-hybridized carbons (Fsp3) is 0.667. The second-order valence-electron chi connectivity index (χ2n) is 4.11. The number of hydrogen-bond donors (Lipinski definition) is 1. The Bertz CT molecular complexity index is 273. The first-order valence-corrected chi connectivity index (χ1v) is 8.04. The molecule has 1 rings (SSSR count). The minimum absolute atomic E-state index is 0.613. The number of nitrogens with one attached hydrogen (secondary N) is 1. The van der Waals surface area contributed by atoms with Crippen molar-refractivity contribution in [3.8, 4) is 0 Å². The average molecular weight is 265 g/mol. The monoisotopic (exact) mass is 265 g/mol. The Hall–Kier alpha value is -0.980. The third-order valence-corrected chi connectivity index (χ3v) is 3.17. The highest BCUT2D eigenvalue weighted by Gasteiger charge is 2.31. The van der Waals surface area contributed by atoms with E-state index in [1.807, 2.05) is 33.8 Å². The molecule has 2 atom stereocenters. The summed E-state index contributed by atoms with van der Waals surface area (Å²) in [4.78, 5) is 0. The standard InChI is InChI=1S/C14H23N.2C2H6/c1-5-9-12-11(7-3)14(10-6-2)15-13(12)8-4;2*1-2/h6-7,10,12-13,15H,2,5,8-9H2,1,3-4H3;2*1-2H3/b11-7-,14-10+;;. The summed E-state index contributed by atoms with van der Waals surface area (Å²) < 4.78 is 0. The molecule has 1 aliphatic heterocycles. The molecule has 1 heterocycles. The summed E-state index contributed by atoms with van der Waals surface area (Å²) in [5.74, 6) is 0.691. The van der Waals surface area contributed by atoms with Crippen molar-refractivity contribution in [1.82, 2.24) is 5.32 Å². The van der Waals surface area contributed by atoms with Gasteiger partial charge in [-0.25, -0.2) is 0 Å². The van der Waals surface area contributed by atoms with Crippen LogP contribution in [-0.4, -0.2) is 6.04 Å². The van der Waals surface area contributed by atoms with Gasteiger partial charge in [-0.15, -0.1) is 0 Å². The molecular weight excluding hydrogens is 230 g/mol. The predicted octanol–water partition coefficient (Wildman–Crippen LogP) is 5.85. The topological polar surface area (TPSA) is 12.0 Å². The normalized spacial score (nSPS) is 25.0. The van der Waals surface area contributed by atoms with E-state index in [-0.39, 0.29) is 0 Å². The van der Waals surface area contributed by atoms with Crippen LogP contribution >= 0.6 is 0 Å². The van der Waals surface area contributed by atoms with E-state index in [4.69, 9.17) is 0 Å². The van der Waals surface area contributed by atoms with Gasteiger partial charge in [-0.1, -0.05) is 66.7 Å². The van der Waals surface area contributed by atoms with Crippen LogP contribution in [0.3, 0.4) is 0 Å². The van der Waals surface area contributed by atoms with E-state index < -0.39 is 0 Å². The lowest BCUT2D eigenvalue weighted by atomic mass is 9.89. The maximum absolute atomic E-state index is 3.77. The van der Waals surface area contributed by atoms with Crippen LogP contribution in [0.15, 0.2) is 36.1 Å². The molecule has 1 heteroatoms. The van der Waals surface area contributed by atoms with E-state index in [1.54, 1.807) is 0 Å². The van der Waals surface area contributed by atoms with Crippen molar-refractivity contribution in [3.63, 3.8) is 0 Å². The summed E-state index contributed by atoms with van der Waals surface area (Å²) in [6, 6.07) is 0.613. The van der Waals surface area contributed by atoms with Crippen LogP contribution in [0.2, 0.25) is 0 Å². The average Bonchev–Trinajstić information content (AvgIpc) is 2.81. The van der Waals surface area contributed by atoms with Gasteiger partial charge in [0.2, 0.25) is 0 Å². The summed E-state index contributed by atoms with van der Waals surface area (Å²) in [6.45, 7) is 18.4. The van der Waals surface area contributed by atoms with Crippen molar-refractivity contribution in [3.05, 3.63) is 36.1 Å². The Morgan fingerprint density at radius 1 is 1.16 bits per heavy atom. The maximum atomic E-state index is 3.77. The van der Waals surface area contributed by atoms with E-state index in [9.17, 15) is 0 Å². The van der Waals surface area contributed by atoms with Gasteiger partial charge in [-0.2, -0.15) is 0 Å². The van der Waals surface area contributed by atoms with Gasteiger partial charge in [0.05, 0.1) is 0 Å². The minimum atomic E-state index is 0.613. The molecule has 0 radical (unpaired) electrons. The van der Waals surface area contributed by atoms with Crippen molar-refractivity contribution < 1.29 is 0 Å². The van der Waals surface area contributed by atoms with Gasteiger partial charge in [0.25, 0.3) is 0 Å². The number of hydrogen-bond acceptors (Lipinski definition) is 1. The predicted molar refractivity (Wildman–Crippen MR) is 90.3 cm³/mol. The summed E-state index contributed by atoms with van der Waals surface area (Å²) in [7, 11) is 0. The van der Waals surface area contributed by atoms with Gasteiger partial charge in [-0.05, 0) is 31.4 Å². The summed E-state index contributed by atoms with van der Waals surface area (Å²) in [6.07, 6.45) is 9.93. The van der Waals surface area contributed by atoms with Crippen molar-refractivity contribution in [2.75, 3.05) is 0 Å². The Kier molecular flexibility index (Phi) is 14.4. The van der Waals surface area contributed by atoms with Crippen LogP contribution in [-0.2, 0) is 0 Å². The van der Waals surface area contributed by atoms with Gasteiger partial charge in [0.1, 0.15) is 0 Å². The molecule has 0 aromatic heterocycles. The molecule has 0 aromatic rings. The Morgan fingerprint density at radius 3 is 2.11 bits per heavy atom. The highest BCUT2D eigenvalue weighted by Crippen LogP contribution is 2.34. The SMILES string of the molecule is C=C/C=C1/NC(CC)C(CCC)/C1=C/C.CC.CC. The number of rotatable bonds is 4. The first-order chi connectivity index (χ1) is 9.28. The highest BCUT2D eigenvalue weighted by atomic mass is 15.0. The molecule has 0 spiro atoms. The zero-order valence-corrected chi connectivity index (χ0v) is 14.2. The largest absolute Gasteiger partial charge is 0.381 e. The molecule has 1 N–H and O–H groups in total. The Morgan fingerprint density at radius 2 is 1.74 bits per heavy atom. The molecule has 0 bridgehead atoms. The molecule has 0 aliphatic carbocycles. The van der Waals surface area contributed by atoms with Gasteiger partial charge in [0, 0.05) is 17.7 Å². The van der Waals surface area contributed by atoms with Crippen molar-refractivity contribution >= 4 is 0 Å². The molecule has 0 aromatic carbocycles. The fourth-order valence-electron chi connectivity index (χ4n) is 2.49. The van der Waals surface area contributed by atoms with E-state index in [0.29, 0.717) is 12.0 Å². The van der Waals surface area contributed by atoms with Crippen LogP contribution in [0.1, 0.15) is 67.7 Å². The fourth-order valence-corrected chi connectivity index (χ4v) is 2.49. The molecule has 1 saturated heterocycles. The Balaban J connectivity index is 0. The zero-order chi connectivity index (χ0) is 15.3. The molecule has 1 fully saturated rings. The lowest BCUT2D eigenvalue weighted by Crippen LogP contribution is -2.25.